The van der Waals surface area contributed by atoms with Crippen molar-refractivity contribution < 1.29 is 27.4 Å². The number of nitro benzene ring substituents is 1. The molecular formula is C17H9ClF3N3O4. The Morgan fingerprint density at radius 2 is 1.93 bits per heavy atom. The number of hydrogen-bond acceptors (Lipinski definition) is 5. The molecule has 1 aromatic heterocycles. The first-order valence-corrected chi connectivity index (χ1v) is 7.94. The first-order chi connectivity index (χ1) is 13.2. The maximum Gasteiger partial charge on any atom is 0.307 e. The van der Waals surface area contributed by atoms with Gasteiger partial charge in [0.2, 0.25) is 5.82 Å². The minimum absolute atomic E-state index is 0.0381. The van der Waals surface area contributed by atoms with Gasteiger partial charge < -0.3 is 9.84 Å². The number of nitrogens with one attached hydrogen (secondary N) is 1. The number of halogens is 4. The highest BCUT2D eigenvalue weighted by Gasteiger charge is 2.27. The van der Waals surface area contributed by atoms with Gasteiger partial charge in [0.15, 0.2) is 0 Å². The van der Waals surface area contributed by atoms with Crippen molar-refractivity contribution in [1.29, 1.82) is 0 Å². The lowest BCUT2D eigenvalue weighted by Gasteiger charge is -2.08. The third-order valence-corrected chi connectivity index (χ3v) is 4.09. The minimum atomic E-state index is -1.40. The van der Waals surface area contributed by atoms with E-state index in [0.29, 0.717) is 6.07 Å². The summed E-state index contributed by atoms with van der Waals surface area (Å²) >= 11 is 5.98. The van der Waals surface area contributed by atoms with Crippen molar-refractivity contribution in [3.63, 3.8) is 0 Å². The van der Waals surface area contributed by atoms with Gasteiger partial charge in [-0.25, -0.2) is 8.78 Å². The number of benzene rings is 2. The van der Waals surface area contributed by atoms with Crippen LogP contribution in [0.4, 0.5) is 24.5 Å². The molecule has 11 heteroatoms. The molecule has 0 saturated heterocycles. The Kier molecular flexibility index (Phi) is 5.06. The normalized spacial score (nSPS) is 10.8. The third kappa shape index (κ3) is 3.41. The van der Waals surface area contributed by atoms with Gasteiger partial charge in [0.25, 0.3) is 5.91 Å². The zero-order valence-electron chi connectivity index (χ0n) is 13.9. The maximum absolute atomic E-state index is 14.2. The number of nitrogens with zero attached hydrogens (tertiary/aromatic N) is 2. The van der Waals surface area contributed by atoms with Crippen LogP contribution in [0.2, 0.25) is 5.02 Å². The van der Waals surface area contributed by atoms with Crippen molar-refractivity contribution in [1.82, 2.24) is 5.16 Å². The van der Waals surface area contributed by atoms with Crippen molar-refractivity contribution in [3.05, 3.63) is 74.2 Å². The van der Waals surface area contributed by atoms with Gasteiger partial charge in [0.05, 0.1) is 21.2 Å². The van der Waals surface area contributed by atoms with Gasteiger partial charge in [-0.3, -0.25) is 14.9 Å². The van der Waals surface area contributed by atoms with E-state index in [4.69, 9.17) is 16.1 Å². The van der Waals surface area contributed by atoms with E-state index in [1.54, 1.807) is 0 Å². The number of rotatable bonds is 4. The standard InChI is InChI=1S/C17H9ClF3N3O4/c1-7-14(16(23-28-7)15-8(18)3-2-4-9(15)19)17(25)22-12-6-13(24(26)27)11(21)5-10(12)20/h2-6H,1H3,(H,22,25). The summed E-state index contributed by atoms with van der Waals surface area (Å²) in [6.45, 7) is 1.35. The fourth-order valence-electron chi connectivity index (χ4n) is 2.49. The van der Waals surface area contributed by atoms with E-state index in [1.807, 2.05) is 0 Å². The summed E-state index contributed by atoms with van der Waals surface area (Å²) in [5.74, 6) is -4.47. The average molecular weight is 412 g/mol. The van der Waals surface area contributed by atoms with E-state index >= 15 is 0 Å². The summed E-state index contributed by atoms with van der Waals surface area (Å²) in [5.41, 5.74) is -2.40. The quantitative estimate of drug-likeness (QED) is 0.487. The number of anilines is 1. The van der Waals surface area contributed by atoms with Gasteiger partial charge in [-0.15, -0.1) is 0 Å². The van der Waals surface area contributed by atoms with Crippen LogP contribution in [0, 0.1) is 34.5 Å². The number of nitro groups is 1. The molecule has 0 bridgehead atoms. The van der Waals surface area contributed by atoms with Crippen molar-refractivity contribution in [2.45, 2.75) is 6.92 Å². The van der Waals surface area contributed by atoms with Crippen LogP contribution in [-0.4, -0.2) is 16.0 Å². The molecule has 28 heavy (non-hydrogen) atoms. The van der Waals surface area contributed by atoms with Crippen LogP contribution in [-0.2, 0) is 0 Å². The van der Waals surface area contributed by atoms with Crippen molar-refractivity contribution in [2.75, 3.05) is 5.32 Å². The van der Waals surface area contributed by atoms with E-state index in [0.717, 1.165) is 6.07 Å². The zero-order chi connectivity index (χ0) is 20.6. The molecule has 0 saturated carbocycles. The minimum Gasteiger partial charge on any atom is -0.360 e. The Labute approximate surface area is 159 Å². The molecule has 144 valence electrons. The predicted molar refractivity (Wildman–Crippen MR) is 92.6 cm³/mol. The summed E-state index contributed by atoms with van der Waals surface area (Å²) in [7, 11) is 0. The second kappa shape index (κ2) is 7.31. The van der Waals surface area contributed by atoms with Crippen LogP contribution in [0.3, 0.4) is 0 Å². The third-order valence-electron chi connectivity index (χ3n) is 3.77. The second-order valence-electron chi connectivity index (χ2n) is 5.55. The molecule has 0 aliphatic carbocycles. The molecule has 0 aliphatic rings. The van der Waals surface area contributed by atoms with Gasteiger partial charge in [0.1, 0.15) is 28.7 Å². The molecule has 7 nitrogen and oxygen atoms in total. The van der Waals surface area contributed by atoms with Crippen LogP contribution >= 0.6 is 11.6 Å². The van der Waals surface area contributed by atoms with Gasteiger partial charge in [-0.1, -0.05) is 22.8 Å². The lowest BCUT2D eigenvalue weighted by atomic mass is 10.0. The van der Waals surface area contributed by atoms with Crippen LogP contribution in [0.5, 0.6) is 0 Å². The van der Waals surface area contributed by atoms with E-state index in [-0.39, 0.29) is 33.7 Å². The highest BCUT2D eigenvalue weighted by molar-refractivity contribution is 6.33. The molecule has 1 N–H and O–H groups in total. The molecule has 3 aromatic rings. The van der Waals surface area contributed by atoms with Crippen molar-refractivity contribution >= 4 is 28.9 Å². The number of carbonyl (C=O) groups is 1. The largest absolute Gasteiger partial charge is 0.360 e. The van der Waals surface area contributed by atoms with Gasteiger partial charge in [-0.2, -0.15) is 4.39 Å². The van der Waals surface area contributed by atoms with Crippen LogP contribution in [0.1, 0.15) is 16.1 Å². The Hall–Kier alpha value is -3.40. The zero-order valence-corrected chi connectivity index (χ0v) is 14.7. The summed E-state index contributed by atoms with van der Waals surface area (Å²) < 4.78 is 46.5. The number of aryl methyl sites for hydroxylation is 1. The lowest BCUT2D eigenvalue weighted by molar-refractivity contribution is -0.387. The van der Waals surface area contributed by atoms with Crippen molar-refractivity contribution in [3.8, 4) is 11.3 Å². The lowest BCUT2D eigenvalue weighted by Crippen LogP contribution is -2.15. The van der Waals surface area contributed by atoms with E-state index in [2.05, 4.69) is 10.5 Å². The first-order valence-electron chi connectivity index (χ1n) is 7.56. The molecule has 0 spiro atoms. The molecule has 0 unspecified atom stereocenters. The average Bonchev–Trinajstić information content (AvgIpc) is 2.98. The van der Waals surface area contributed by atoms with Gasteiger partial charge in [-0.05, 0) is 19.1 Å². The molecule has 3 rings (SSSR count). The summed E-state index contributed by atoms with van der Waals surface area (Å²) in [6, 6.07) is 4.61. The number of aromatic nitrogens is 1. The molecule has 0 radical (unpaired) electrons. The molecule has 0 fully saturated rings. The summed E-state index contributed by atoms with van der Waals surface area (Å²) in [4.78, 5) is 22.4. The van der Waals surface area contributed by atoms with E-state index in [9.17, 15) is 28.1 Å². The predicted octanol–water partition coefficient (Wildman–Crippen LogP) is 4.88. The fraction of sp³-hybridized carbons (Fsp3) is 0.0588. The molecule has 0 aliphatic heterocycles. The number of hydrogen-bond donors (Lipinski definition) is 1. The summed E-state index contributed by atoms with van der Waals surface area (Å²) in [5, 5.41) is 16.5. The monoisotopic (exact) mass is 411 g/mol. The Morgan fingerprint density at radius 1 is 1.21 bits per heavy atom. The topological polar surface area (TPSA) is 98.3 Å². The number of carbonyl (C=O) groups excluding carboxylic acids is 1. The van der Waals surface area contributed by atoms with Crippen molar-refractivity contribution in [2.24, 2.45) is 0 Å². The molecule has 1 amide bonds. The van der Waals surface area contributed by atoms with E-state index < -0.39 is 39.7 Å². The molecular weight excluding hydrogens is 403 g/mol. The highest BCUT2D eigenvalue weighted by atomic mass is 35.5. The maximum atomic E-state index is 14.2. The first kappa shape index (κ1) is 19.4. The fourth-order valence-corrected chi connectivity index (χ4v) is 2.74. The number of amides is 1. The van der Waals surface area contributed by atoms with Crippen LogP contribution < -0.4 is 5.32 Å². The smallest absolute Gasteiger partial charge is 0.307 e. The van der Waals surface area contributed by atoms with Crippen LogP contribution in [0.15, 0.2) is 34.9 Å². The van der Waals surface area contributed by atoms with Gasteiger partial charge >= 0.3 is 5.69 Å². The molecule has 0 atom stereocenters. The summed E-state index contributed by atoms with van der Waals surface area (Å²) in [6.07, 6.45) is 0. The molecule has 2 aromatic carbocycles. The Bertz CT molecular complexity index is 1100. The second-order valence-corrected chi connectivity index (χ2v) is 5.96. The SMILES string of the molecule is Cc1onc(-c2c(F)cccc2Cl)c1C(=O)Nc1cc([N+](=O)[O-])c(F)cc1F. The Balaban J connectivity index is 2.05. The van der Waals surface area contributed by atoms with Crippen LogP contribution in [0.25, 0.3) is 11.3 Å². The molecule has 1 heterocycles. The van der Waals surface area contributed by atoms with Gasteiger partial charge in [0, 0.05) is 12.1 Å². The highest BCUT2D eigenvalue weighted by Crippen LogP contribution is 2.34. The Morgan fingerprint density at radius 3 is 2.57 bits per heavy atom. The van der Waals surface area contributed by atoms with E-state index in [1.165, 1.54) is 19.1 Å².